The summed E-state index contributed by atoms with van der Waals surface area (Å²) in [6.45, 7) is 27.8. The number of carbonyl (C=O) groups excluding carboxylic acids is 3. The van der Waals surface area contributed by atoms with E-state index in [0.717, 1.165) is 10.7 Å². The van der Waals surface area contributed by atoms with Gasteiger partial charge in [0.15, 0.2) is 0 Å². The lowest BCUT2D eigenvalue weighted by molar-refractivity contribution is -0.140. The molecule has 0 bridgehead atoms. The van der Waals surface area contributed by atoms with Crippen LogP contribution in [0.5, 0.6) is 11.5 Å². The molecule has 0 saturated heterocycles. The molecule has 2 aliphatic rings. The van der Waals surface area contributed by atoms with Gasteiger partial charge in [0.1, 0.15) is 39.4 Å². The van der Waals surface area contributed by atoms with Crippen molar-refractivity contribution in [2.24, 2.45) is 0 Å². The van der Waals surface area contributed by atoms with Gasteiger partial charge in [0.05, 0.1) is 0 Å². The van der Waals surface area contributed by atoms with E-state index in [1.165, 1.54) is 0 Å². The van der Waals surface area contributed by atoms with Crippen molar-refractivity contribution < 1.29 is 34.5 Å². The third kappa shape index (κ3) is 16.0. The van der Waals surface area contributed by atoms with E-state index < -0.39 is 23.0 Å². The second-order valence-electron chi connectivity index (χ2n) is 22.3. The predicted molar refractivity (Wildman–Crippen MR) is 277 cm³/mol. The van der Waals surface area contributed by atoms with Gasteiger partial charge < -0.3 is 41.9 Å². The van der Waals surface area contributed by atoms with E-state index in [1.54, 1.807) is 60.9 Å². The Labute approximate surface area is 414 Å². The molecule has 15 heteroatoms. The normalized spacial score (nSPS) is 14.3. The topological polar surface area (TPSA) is 220 Å². The Hall–Kier alpha value is -6.15. The van der Waals surface area contributed by atoms with Crippen LogP contribution in [0.2, 0.25) is 0 Å². The number of benzene rings is 2. The summed E-state index contributed by atoms with van der Waals surface area (Å²) in [5.74, 6) is -0.542. The van der Waals surface area contributed by atoms with Gasteiger partial charge in [-0.05, 0) is 115 Å². The van der Waals surface area contributed by atoms with Crippen molar-refractivity contribution in [1.29, 1.82) is 0 Å². The number of carboxylic acid groups (broad SMARTS) is 1. The Morgan fingerprint density at radius 1 is 0.623 bits per heavy atom. The number of aromatic hydroxyl groups is 2. The van der Waals surface area contributed by atoms with Gasteiger partial charge in [0, 0.05) is 59.9 Å². The number of nitrogens with zero attached hydrogens (tertiary/aromatic N) is 3. The number of carbonyl (C=O) groups is 4. The summed E-state index contributed by atoms with van der Waals surface area (Å²) in [6, 6.07) is 17.5. The summed E-state index contributed by atoms with van der Waals surface area (Å²) in [7, 11) is 3.85. The van der Waals surface area contributed by atoms with Crippen LogP contribution in [0.3, 0.4) is 0 Å². The van der Waals surface area contributed by atoms with Crippen molar-refractivity contribution >= 4 is 46.9 Å². The van der Waals surface area contributed by atoms with Crippen molar-refractivity contribution in [2.75, 3.05) is 25.1 Å². The van der Waals surface area contributed by atoms with E-state index in [-0.39, 0.29) is 45.0 Å². The number of aliphatic carboxylic acids is 1. The molecule has 2 fully saturated rings. The monoisotopic (exact) mass is 970 g/mol. The van der Waals surface area contributed by atoms with Crippen molar-refractivity contribution in [3.63, 3.8) is 0 Å². The molecule has 0 spiro atoms. The van der Waals surface area contributed by atoms with Crippen molar-refractivity contribution in [3.8, 4) is 11.5 Å². The molecule has 4 aromatic rings. The first-order valence-electron chi connectivity index (χ1n) is 23.1. The lowest BCUT2D eigenvalue weighted by atomic mass is 9.78. The number of pyridine rings is 2. The summed E-state index contributed by atoms with van der Waals surface area (Å²) in [6.07, 6.45) is 5.32. The minimum atomic E-state index is -1.13. The number of nitrogen functional groups attached to an aromatic ring is 1. The highest BCUT2D eigenvalue weighted by Gasteiger charge is 2.52. The minimum Gasteiger partial charge on any atom is -0.507 e. The highest BCUT2D eigenvalue weighted by Crippen LogP contribution is 2.43. The highest BCUT2D eigenvalue weighted by atomic mass is 35.5. The Bertz CT molecular complexity index is 2410. The maximum Gasteiger partial charge on any atom is 0.329 e. The van der Waals surface area contributed by atoms with Crippen LogP contribution in [0, 0.1) is 0 Å². The molecule has 0 aliphatic heterocycles. The highest BCUT2D eigenvalue weighted by molar-refractivity contribution is 6.29. The summed E-state index contributed by atoms with van der Waals surface area (Å²) in [4.78, 5) is 59.6. The second-order valence-corrected chi connectivity index (χ2v) is 22.7. The van der Waals surface area contributed by atoms with Gasteiger partial charge >= 0.3 is 5.97 Å². The zero-order valence-corrected chi connectivity index (χ0v) is 44.3. The van der Waals surface area contributed by atoms with Gasteiger partial charge in [-0.3, -0.25) is 14.4 Å². The lowest BCUT2D eigenvalue weighted by Crippen LogP contribution is -2.46. The molecule has 14 nitrogen and oxygen atoms in total. The number of halogens is 1. The first-order valence-corrected chi connectivity index (χ1v) is 23.5. The Morgan fingerprint density at radius 2 is 0.986 bits per heavy atom. The lowest BCUT2D eigenvalue weighted by Gasteiger charge is -2.28. The van der Waals surface area contributed by atoms with Gasteiger partial charge in [-0.15, -0.1) is 0 Å². The number of anilines is 2. The smallest absolute Gasteiger partial charge is 0.329 e. The fraction of sp³-hybridized carbons (Fsp3) is 0.481. The summed E-state index contributed by atoms with van der Waals surface area (Å²) < 4.78 is 0. The maximum absolute atomic E-state index is 13.1. The van der Waals surface area contributed by atoms with E-state index >= 15 is 0 Å². The first kappa shape index (κ1) is 57.2. The standard InChI is InChI=1S/C24H31N3O3.C19H27NO4.C6H12ClN.C5H6N2/c1-22(2,3)16-13-15(14-17(19(16)28)23(4,5)6)20(29)27-24(10-11-24)21(30)26-18-9-7-8-12-25-18;1-17(2,3)12-9-11(10-13(14(12)21)18(4,5)6)15(22)20-19(7-8-19)16(23)24;1-5(2)6(7)8(3)4;6-5-3-1-2-4-7-5/h7-9,12-14,28H,10-11H2,1-6H3,(H,27,29)(H,25,26,30);9-10,21H,7-8H2,1-6H3,(H,20,22)(H,23,24);1-4H3;1-4H,(H2,6,7). The van der Waals surface area contributed by atoms with Gasteiger partial charge in [0.25, 0.3) is 17.7 Å². The molecule has 0 unspecified atom stereocenters. The number of rotatable bonds is 8. The van der Waals surface area contributed by atoms with E-state index in [2.05, 4.69) is 25.9 Å². The molecule has 2 heterocycles. The minimum absolute atomic E-state index is 0.200. The van der Waals surface area contributed by atoms with E-state index in [1.807, 2.05) is 128 Å². The number of phenolic OH excluding ortho intramolecular Hbond substituents is 2. The number of hydrogen-bond donors (Lipinski definition) is 7. The average Bonchev–Trinajstić information content (AvgIpc) is 4.18. The van der Waals surface area contributed by atoms with Crippen LogP contribution in [0.1, 0.15) is 166 Å². The number of nitrogens with one attached hydrogen (secondary N) is 3. The third-order valence-electron chi connectivity index (χ3n) is 11.4. The first-order chi connectivity index (χ1) is 31.6. The van der Waals surface area contributed by atoms with E-state index in [9.17, 15) is 34.5 Å². The number of allylic oxidation sites excluding steroid dienone is 1. The van der Waals surface area contributed by atoms with Gasteiger partial charge in [-0.2, -0.15) is 0 Å². The molecule has 2 aliphatic carbocycles. The van der Waals surface area contributed by atoms with E-state index in [0.29, 0.717) is 70.7 Å². The molecular formula is C54H76ClN7O7. The number of amides is 3. The van der Waals surface area contributed by atoms with Crippen molar-refractivity contribution in [3.05, 3.63) is 117 Å². The van der Waals surface area contributed by atoms with Crippen LogP contribution in [-0.4, -0.2) is 79.1 Å². The maximum atomic E-state index is 13.1. The van der Waals surface area contributed by atoms with Crippen LogP contribution in [-0.2, 0) is 31.2 Å². The summed E-state index contributed by atoms with van der Waals surface area (Å²) in [5.41, 5.74) is 6.60. The fourth-order valence-corrected chi connectivity index (χ4v) is 6.94. The van der Waals surface area contributed by atoms with Crippen molar-refractivity contribution in [2.45, 2.75) is 155 Å². The van der Waals surface area contributed by atoms with Crippen LogP contribution >= 0.6 is 11.6 Å². The SMILES string of the molecule is CC(C)(C)c1cc(C(=O)NC2(C(=O)Nc3ccccn3)CC2)cc(C(C)(C)C)c1O.CC(C)(C)c1cc(C(=O)NC2(C(=O)O)CC2)cc(C(C)(C)C)c1O.CC(C)=C(Cl)N(C)C.Nc1ccccn1. The Kier molecular flexibility index (Phi) is 18.3. The van der Waals surface area contributed by atoms with Crippen molar-refractivity contribution in [1.82, 2.24) is 25.5 Å². The number of aromatic nitrogens is 2. The molecule has 2 aromatic heterocycles. The zero-order chi connectivity index (χ0) is 52.7. The molecule has 69 heavy (non-hydrogen) atoms. The molecule has 2 aromatic carbocycles. The van der Waals surface area contributed by atoms with Crippen LogP contribution in [0.15, 0.2) is 83.8 Å². The largest absolute Gasteiger partial charge is 0.507 e. The van der Waals surface area contributed by atoms with Crippen LogP contribution in [0.25, 0.3) is 0 Å². The van der Waals surface area contributed by atoms with Crippen LogP contribution < -0.4 is 21.7 Å². The van der Waals surface area contributed by atoms with Gasteiger partial charge in [-0.1, -0.05) is 107 Å². The summed E-state index contributed by atoms with van der Waals surface area (Å²) >= 11 is 5.76. The molecule has 0 radical (unpaired) electrons. The molecule has 2 saturated carbocycles. The summed E-state index contributed by atoms with van der Waals surface area (Å²) in [5, 5.41) is 40.0. The zero-order valence-electron chi connectivity index (χ0n) is 43.5. The van der Waals surface area contributed by atoms with Crippen LogP contribution in [0.4, 0.5) is 11.6 Å². The molecule has 376 valence electrons. The fourth-order valence-electron chi connectivity index (χ4n) is 6.94. The molecule has 3 amide bonds. The Balaban J connectivity index is 0.000000285. The number of carboxylic acids is 1. The van der Waals surface area contributed by atoms with Gasteiger partial charge in [-0.25, -0.2) is 14.8 Å². The second kappa shape index (κ2) is 22.1. The molecular weight excluding hydrogens is 894 g/mol. The predicted octanol–water partition coefficient (Wildman–Crippen LogP) is 10.3. The number of phenols is 2. The molecule has 0 atom stereocenters. The number of hydrogen-bond acceptors (Lipinski definition) is 10. The third-order valence-corrected chi connectivity index (χ3v) is 12.1. The molecule has 6 rings (SSSR count). The van der Waals surface area contributed by atoms with Gasteiger partial charge in [0.2, 0.25) is 0 Å². The Morgan fingerprint density at radius 3 is 1.22 bits per heavy atom. The average molecular weight is 971 g/mol. The molecule has 8 N–H and O–H groups in total. The quantitative estimate of drug-likeness (QED) is 0.0824. The van der Waals surface area contributed by atoms with E-state index in [4.69, 9.17) is 17.3 Å². The number of nitrogens with two attached hydrogens (primary N) is 1.